The fourth-order valence-electron chi connectivity index (χ4n) is 2.63. The number of ether oxygens (including phenoxy) is 1. The number of benzene rings is 2. The minimum absolute atomic E-state index is 0.364. The molecule has 4 nitrogen and oxygen atoms in total. The Morgan fingerprint density at radius 1 is 1.20 bits per heavy atom. The van der Waals surface area contributed by atoms with E-state index in [-0.39, 0.29) is 12.1 Å². The molecule has 1 aromatic heterocycles. The second-order valence-corrected chi connectivity index (χ2v) is 5.68. The summed E-state index contributed by atoms with van der Waals surface area (Å²) in [5, 5.41) is 2.28. The SMILES string of the molecule is C/C=C/C=C\C(=O)OC(Cn1ccnc1)c1ccc2ccccc2c1. The number of hydrogen-bond acceptors (Lipinski definition) is 3. The van der Waals surface area contributed by atoms with E-state index in [2.05, 4.69) is 29.2 Å². The topological polar surface area (TPSA) is 44.1 Å². The minimum Gasteiger partial charge on any atom is -0.452 e. The zero-order chi connectivity index (χ0) is 17.5. The number of carbonyl (C=O) groups excluding carboxylic acids is 1. The monoisotopic (exact) mass is 332 g/mol. The molecule has 1 atom stereocenters. The third-order valence-corrected chi connectivity index (χ3v) is 3.88. The van der Waals surface area contributed by atoms with Crippen molar-refractivity contribution in [1.29, 1.82) is 0 Å². The van der Waals surface area contributed by atoms with Crippen molar-refractivity contribution in [3.05, 3.63) is 91.1 Å². The van der Waals surface area contributed by atoms with Crippen LogP contribution in [0.15, 0.2) is 85.5 Å². The molecular formula is C21H20N2O2. The molecule has 0 aliphatic rings. The third-order valence-electron chi connectivity index (χ3n) is 3.88. The van der Waals surface area contributed by atoms with Crippen LogP contribution in [0.1, 0.15) is 18.6 Å². The second kappa shape index (κ2) is 8.11. The maximum absolute atomic E-state index is 12.1. The first-order valence-corrected chi connectivity index (χ1v) is 8.20. The summed E-state index contributed by atoms with van der Waals surface area (Å²) in [7, 11) is 0. The van der Waals surface area contributed by atoms with Gasteiger partial charge < -0.3 is 9.30 Å². The van der Waals surface area contributed by atoms with Gasteiger partial charge in [0.1, 0.15) is 6.10 Å². The van der Waals surface area contributed by atoms with Crippen LogP contribution in [-0.4, -0.2) is 15.5 Å². The third kappa shape index (κ3) is 4.44. The summed E-state index contributed by atoms with van der Waals surface area (Å²) in [5.41, 5.74) is 0.959. The molecular weight excluding hydrogens is 312 g/mol. The van der Waals surface area contributed by atoms with Gasteiger partial charge in [0.05, 0.1) is 12.9 Å². The van der Waals surface area contributed by atoms with E-state index in [1.807, 2.05) is 42.0 Å². The van der Waals surface area contributed by atoms with E-state index < -0.39 is 0 Å². The Labute approximate surface area is 147 Å². The number of nitrogens with zero attached hydrogens (tertiary/aromatic N) is 2. The smallest absolute Gasteiger partial charge is 0.331 e. The highest BCUT2D eigenvalue weighted by Gasteiger charge is 2.16. The van der Waals surface area contributed by atoms with Crippen LogP contribution in [0.3, 0.4) is 0 Å². The molecule has 4 heteroatoms. The molecule has 0 bridgehead atoms. The quantitative estimate of drug-likeness (QED) is 0.380. The summed E-state index contributed by atoms with van der Waals surface area (Å²) in [6.07, 6.45) is 11.7. The van der Waals surface area contributed by atoms with Crippen LogP contribution in [0.5, 0.6) is 0 Å². The summed E-state index contributed by atoms with van der Waals surface area (Å²) in [6.45, 7) is 2.41. The summed E-state index contributed by atoms with van der Waals surface area (Å²) in [6, 6.07) is 14.3. The van der Waals surface area contributed by atoms with Gasteiger partial charge in [0.2, 0.25) is 0 Å². The standard InChI is InChI=1S/C21H20N2O2/c1-2-3-4-9-21(24)25-20(15-23-13-12-22-16-23)19-11-10-17-7-5-6-8-18(17)14-19/h2-14,16,20H,15H2,1H3/b3-2+,9-4-. The van der Waals surface area contributed by atoms with E-state index in [1.165, 1.54) is 6.08 Å². The highest BCUT2D eigenvalue weighted by Crippen LogP contribution is 2.24. The molecule has 2 aromatic carbocycles. The van der Waals surface area contributed by atoms with E-state index in [1.54, 1.807) is 24.7 Å². The van der Waals surface area contributed by atoms with Gasteiger partial charge in [-0.1, -0.05) is 54.6 Å². The molecule has 3 aromatic rings. The van der Waals surface area contributed by atoms with Crippen LogP contribution in [0, 0.1) is 0 Å². The fourth-order valence-corrected chi connectivity index (χ4v) is 2.63. The maximum Gasteiger partial charge on any atom is 0.331 e. The average Bonchev–Trinajstić information content (AvgIpc) is 3.14. The van der Waals surface area contributed by atoms with Gasteiger partial charge in [0.25, 0.3) is 0 Å². The second-order valence-electron chi connectivity index (χ2n) is 5.68. The van der Waals surface area contributed by atoms with Crippen molar-refractivity contribution in [2.24, 2.45) is 0 Å². The Kier molecular flexibility index (Phi) is 5.42. The zero-order valence-corrected chi connectivity index (χ0v) is 14.1. The highest BCUT2D eigenvalue weighted by molar-refractivity contribution is 5.84. The van der Waals surface area contributed by atoms with Crippen molar-refractivity contribution in [2.75, 3.05) is 0 Å². The van der Waals surface area contributed by atoms with Crippen molar-refractivity contribution in [1.82, 2.24) is 9.55 Å². The number of carbonyl (C=O) groups is 1. The van der Waals surface area contributed by atoms with Crippen molar-refractivity contribution in [2.45, 2.75) is 19.6 Å². The Morgan fingerprint density at radius 3 is 2.80 bits per heavy atom. The van der Waals surface area contributed by atoms with E-state index >= 15 is 0 Å². The molecule has 0 aliphatic heterocycles. The molecule has 1 heterocycles. The first kappa shape index (κ1) is 16.7. The molecule has 0 saturated carbocycles. The van der Waals surface area contributed by atoms with Crippen LogP contribution in [0.2, 0.25) is 0 Å². The van der Waals surface area contributed by atoms with Crippen LogP contribution in [0.25, 0.3) is 10.8 Å². The molecule has 0 radical (unpaired) electrons. The number of esters is 1. The number of rotatable bonds is 6. The maximum atomic E-state index is 12.1. The molecule has 3 rings (SSSR count). The predicted octanol–water partition coefficient (Wildman–Crippen LogP) is 4.45. The molecule has 25 heavy (non-hydrogen) atoms. The molecule has 126 valence electrons. The van der Waals surface area contributed by atoms with Gasteiger partial charge in [-0.2, -0.15) is 0 Å². The Morgan fingerprint density at radius 2 is 2.04 bits per heavy atom. The number of allylic oxidation sites excluding steroid dienone is 3. The number of hydrogen-bond donors (Lipinski definition) is 0. The molecule has 0 spiro atoms. The van der Waals surface area contributed by atoms with Gasteiger partial charge in [0.15, 0.2) is 0 Å². The van der Waals surface area contributed by atoms with Gasteiger partial charge in [0, 0.05) is 18.5 Å². The Hall–Kier alpha value is -3.14. The normalized spacial score (nSPS) is 12.8. The van der Waals surface area contributed by atoms with Crippen molar-refractivity contribution in [3.63, 3.8) is 0 Å². The lowest BCUT2D eigenvalue weighted by Gasteiger charge is -2.18. The minimum atomic E-state index is -0.387. The summed E-state index contributed by atoms with van der Waals surface area (Å²) < 4.78 is 7.60. The largest absolute Gasteiger partial charge is 0.452 e. The average molecular weight is 332 g/mol. The first-order valence-electron chi connectivity index (χ1n) is 8.20. The zero-order valence-electron chi connectivity index (χ0n) is 14.1. The fraction of sp³-hybridized carbons (Fsp3) is 0.143. The summed E-state index contributed by atoms with van der Waals surface area (Å²) >= 11 is 0. The van der Waals surface area contributed by atoms with E-state index in [4.69, 9.17) is 4.74 Å². The lowest BCUT2D eigenvalue weighted by molar-refractivity contribution is -0.144. The van der Waals surface area contributed by atoms with Gasteiger partial charge in [-0.15, -0.1) is 0 Å². The molecule has 0 aliphatic carbocycles. The molecule has 0 N–H and O–H groups in total. The van der Waals surface area contributed by atoms with Crippen molar-refractivity contribution in [3.8, 4) is 0 Å². The lowest BCUT2D eigenvalue weighted by atomic mass is 10.0. The van der Waals surface area contributed by atoms with Crippen molar-refractivity contribution < 1.29 is 9.53 Å². The highest BCUT2D eigenvalue weighted by atomic mass is 16.5. The molecule has 0 fully saturated rings. The Bertz CT molecular complexity index is 895. The number of imidazole rings is 1. The van der Waals surface area contributed by atoms with E-state index in [0.29, 0.717) is 6.54 Å². The molecule has 0 amide bonds. The van der Waals surface area contributed by atoms with Crippen molar-refractivity contribution >= 4 is 16.7 Å². The number of fused-ring (bicyclic) bond motifs is 1. The first-order chi connectivity index (χ1) is 12.3. The summed E-state index contributed by atoms with van der Waals surface area (Å²) in [5.74, 6) is -0.364. The van der Waals surface area contributed by atoms with E-state index in [0.717, 1.165) is 16.3 Å². The number of aromatic nitrogens is 2. The van der Waals surface area contributed by atoms with Crippen LogP contribution in [-0.2, 0) is 16.1 Å². The lowest BCUT2D eigenvalue weighted by Crippen LogP contribution is -2.15. The van der Waals surface area contributed by atoms with Gasteiger partial charge in [-0.3, -0.25) is 0 Å². The van der Waals surface area contributed by atoms with Crippen LogP contribution < -0.4 is 0 Å². The van der Waals surface area contributed by atoms with E-state index in [9.17, 15) is 4.79 Å². The van der Waals surface area contributed by atoms with Crippen LogP contribution in [0.4, 0.5) is 0 Å². The molecule has 1 unspecified atom stereocenters. The Balaban J connectivity index is 1.87. The van der Waals surface area contributed by atoms with Gasteiger partial charge >= 0.3 is 5.97 Å². The van der Waals surface area contributed by atoms with Gasteiger partial charge in [-0.05, 0) is 29.3 Å². The predicted molar refractivity (Wildman–Crippen MR) is 99.0 cm³/mol. The van der Waals surface area contributed by atoms with Crippen LogP contribution >= 0.6 is 0 Å². The summed E-state index contributed by atoms with van der Waals surface area (Å²) in [4.78, 5) is 16.2. The molecule has 0 saturated heterocycles. The van der Waals surface area contributed by atoms with Gasteiger partial charge in [-0.25, -0.2) is 9.78 Å².